The third-order valence-corrected chi connectivity index (χ3v) is 6.71. The van der Waals surface area contributed by atoms with Gasteiger partial charge in [-0.05, 0) is 37.8 Å². The monoisotopic (exact) mass is 443 g/mol. The number of hydrogen-bond acceptors (Lipinski definition) is 6. The van der Waals surface area contributed by atoms with Gasteiger partial charge in [0.05, 0.1) is 7.11 Å². The molecule has 0 bridgehead atoms. The Labute approximate surface area is 187 Å². The lowest BCUT2D eigenvalue weighted by Gasteiger charge is -2.39. The van der Waals surface area contributed by atoms with Crippen LogP contribution in [0.1, 0.15) is 36.0 Å². The van der Waals surface area contributed by atoms with E-state index in [1.165, 1.54) is 12.0 Å². The largest absolute Gasteiger partial charge is 0.467 e. The van der Waals surface area contributed by atoms with Crippen LogP contribution in [-0.4, -0.2) is 90.6 Å². The van der Waals surface area contributed by atoms with Crippen molar-refractivity contribution < 1.29 is 28.7 Å². The highest BCUT2D eigenvalue weighted by atomic mass is 16.6. The number of amides is 3. The summed E-state index contributed by atoms with van der Waals surface area (Å²) in [5.74, 6) is -0.448. The van der Waals surface area contributed by atoms with Crippen molar-refractivity contribution in [2.45, 2.75) is 37.8 Å². The smallest absolute Gasteiger partial charge is 0.410 e. The second-order valence-electron chi connectivity index (χ2n) is 8.51. The Hall–Kier alpha value is -3.10. The molecule has 1 aromatic carbocycles. The number of benzene rings is 1. The van der Waals surface area contributed by atoms with E-state index in [9.17, 15) is 19.2 Å². The zero-order valence-electron chi connectivity index (χ0n) is 18.3. The molecule has 32 heavy (non-hydrogen) atoms. The summed E-state index contributed by atoms with van der Waals surface area (Å²) >= 11 is 0. The quantitative estimate of drug-likeness (QED) is 0.655. The number of carbonyl (C=O) groups is 4. The summed E-state index contributed by atoms with van der Waals surface area (Å²) in [5, 5.41) is 0. The van der Waals surface area contributed by atoms with Crippen molar-refractivity contribution in [3.8, 4) is 0 Å². The fraction of sp³-hybridized carbons (Fsp3) is 0.565. The molecule has 3 heterocycles. The van der Waals surface area contributed by atoms with Gasteiger partial charge >= 0.3 is 12.1 Å². The summed E-state index contributed by atoms with van der Waals surface area (Å²) < 4.78 is 9.85. The molecule has 0 N–H and O–H groups in total. The number of ether oxygens (including phenoxy) is 2. The first-order valence-electron chi connectivity index (χ1n) is 11.2. The van der Waals surface area contributed by atoms with Crippen molar-refractivity contribution in [1.82, 2.24) is 14.7 Å². The molecule has 3 aliphatic heterocycles. The molecule has 1 aromatic rings. The normalized spacial score (nSPS) is 22.6. The summed E-state index contributed by atoms with van der Waals surface area (Å²) in [6, 6.07) is 8.34. The summed E-state index contributed by atoms with van der Waals surface area (Å²) in [6.07, 6.45) is 2.00. The second kappa shape index (κ2) is 9.58. The molecule has 3 aliphatic rings. The molecule has 9 heteroatoms. The molecule has 0 saturated carbocycles. The van der Waals surface area contributed by atoms with Gasteiger partial charge in [0.1, 0.15) is 6.61 Å². The standard InChI is InChI=1S/C23H29N3O6/c1-31-22(29)19-15-32-23(30)26(19)18-9-13-25(14-10-18)21(28)17-7-11-24(12-8-17)20(27)16-5-3-2-4-6-16/h2-6,17-19H,7-15H2,1H3. The maximum atomic E-state index is 13.1. The van der Waals surface area contributed by atoms with Crippen LogP contribution >= 0.6 is 0 Å². The Kier molecular flexibility index (Phi) is 6.62. The van der Waals surface area contributed by atoms with Gasteiger partial charge in [0.25, 0.3) is 5.91 Å². The van der Waals surface area contributed by atoms with Gasteiger partial charge in [-0.3, -0.25) is 14.5 Å². The van der Waals surface area contributed by atoms with Gasteiger partial charge in [0.2, 0.25) is 5.91 Å². The van der Waals surface area contributed by atoms with E-state index in [0.29, 0.717) is 57.4 Å². The molecule has 3 fully saturated rings. The Balaban J connectivity index is 1.27. The van der Waals surface area contributed by atoms with Crippen LogP contribution in [0.3, 0.4) is 0 Å². The molecule has 3 amide bonds. The first kappa shape index (κ1) is 22.1. The lowest BCUT2D eigenvalue weighted by atomic mass is 9.93. The highest BCUT2D eigenvalue weighted by Crippen LogP contribution is 2.27. The van der Waals surface area contributed by atoms with Crippen molar-refractivity contribution >= 4 is 23.9 Å². The number of rotatable bonds is 4. The molecule has 1 atom stereocenters. The Morgan fingerprint density at radius 1 is 0.938 bits per heavy atom. The molecule has 0 aromatic heterocycles. The van der Waals surface area contributed by atoms with Crippen LogP contribution in [-0.2, 0) is 19.1 Å². The third kappa shape index (κ3) is 4.42. The fourth-order valence-electron chi connectivity index (χ4n) is 4.87. The SMILES string of the molecule is COC(=O)C1COC(=O)N1C1CCN(C(=O)C2CCN(C(=O)c3ccccc3)CC2)CC1. The van der Waals surface area contributed by atoms with Crippen LogP contribution < -0.4 is 0 Å². The van der Waals surface area contributed by atoms with Gasteiger partial charge < -0.3 is 19.3 Å². The summed E-state index contributed by atoms with van der Waals surface area (Å²) in [5.41, 5.74) is 0.671. The number of cyclic esters (lactones) is 1. The second-order valence-corrected chi connectivity index (χ2v) is 8.51. The molecular formula is C23H29N3O6. The number of carbonyl (C=O) groups excluding carboxylic acids is 4. The van der Waals surface area contributed by atoms with Crippen LogP contribution in [0.2, 0.25) is 0 Å². The topological polar surface area (TPSA) is 96.5 Å². The van der Waals surface area contributed by atoms with Crippen LogP contribution in [0.5, 0.6) is 0 Å². The van der Waals surface area contributed by atoms with Crippen molar-refractivity contribution in [2.75, 3.05) is 39.9 Å². The predicted molar refractivity (Wildman–Crippen MR) is 114 cm³/mol. The Morgan fingerprint density at radius 3 is 2.19 bits per heavy atom. The van der Waals surface area contributed by atoms with Crippen molar-refractivity contribution in [1.29, 1.82) is 0 Å². The Bertz CT molecular complexity index is 860. The van der Waals surface area contributed by atoms with E-state index < -0.39 is 18.1 Å². The lowest BCUT2D eigenvalue weighted by molar-refractivity contribution is -0.146. The molecule has 0 radical (unpaired) electrons. The number of piperidine rings is 2. The highest BCUT2D eigenvalue weighted by molar-refractivity contribution is 5.94. The van der Waals surface area contributed by atoms with E-state index in [1.54, 1.807) is 0 Å². The maximum absolute atomic E-state index is 13.1. The molecular weight excluding hydrogens is 414 g/mol. The van der Waals surface area contributed by atoms with E-state index in [2.05, 4.69) is 0 Å². The highest BCUT2D eigenvalue weighted by Gasteiger charge is 2.44. The van der Waals surface area contributed by atoms with Gasteiger partial charge in [-0.25, -0.2) is 9.59 Å². The number of hydrogen-bond donors (Lipinski definition) is 0. The molecule has 0 aliphatic carbocycles. The van der Waals surface area contributed by atoms with Crippen molar-refractivity contribution in [2.24, 2.45) is 5.92 Å². The average Bonchev–Trinajstić information content (AvgIpc) is 3.24. The predicted octanol–water partition coefficient (Wildman–Crippen LogP) is 1.52. The fourth-order valence-corrected chi connectivity index (χ4v) is 4.87. The van der Waals surface area contributed by atoms with Crippen molar-refractivity contribution in [3.63, 3.8) is 0 Å². The Morgan fingerprint density at radius 2 is 1.56 bits per heavy atom. The zero-order valence-corrected chi connectivity index (χ0v) is 18.3. The van der Waals surface area contributed by atoms with E-state index in [0.717, 1.165) is 0 Å². The molecule has 172 valence electrons. The lowest BCUT2D eigenvalue weighted by Crippen LogP contribution is -2.53. The molecule has 1 unspecified atom stereocenters. The minimum absolute atomic E-state index is 0.00489. The van der Waals surface area contributed by atoms with Crippen LogP contribution in [0.25, 0.3) is 0 Å². The van der Waals surface area contributed by atoms with Crippen LogP contribution in [0.15, 0.2) is 30.3 Å². The summed E-state index contributed by atoms with van der Waals surface area (Å²) in [7, 11) is 1.29. The van der Waals surface area contributed by atoms with E-state index in [4.69, 9.17) is 9.47 Å². The number of likely N-dealkylation sites (tertiary alicyclic amines) is 2. The van der Waals surface area contributed by atoms with Gasteiger partial charge in [-0.1, -0.05) is 18.2 Å². The van der Waals surface area contributed by atoms with Crippen molar-refractivity contribution in [3.05, 3.63) is 35.9 Å². The van der Waals surface area contributed by atoms with Crippen LogP contribution in [0, 0.1) is 5.92 Å². The van der Waals surface area contributed by atoms with Gasteiger partial charge in [-0.2, -0.15) is 0 Å². The third-order valence-electron chi connectivity index (χ3n) is 6.71. The molecule has 0 spiro atoms. The molecule has 4 rings (SSSR count). The number of methoxy groups -OCH3 is 1. The minimum atomic E-state index is -0.716. The summed E-state index contributed by atoms with van der Waals surface area (Å²) in [4.78, 5) is 54.9. The van der Waals surface area contributed by atoms with Gasteiger partial charge in [0.15, 0.2) is 6.04 Å². The molecule has 9 nitrogen and oxygen atoms in total. The van der Waals surface area contributed by atoms with E-state index in [-0.39, 0.29) is 30.4 Å². The first-order valence-corrected chi connectivity index (χ1v) is 11.2. The number of nitrogens with zero attached hydrogens (tertiary/aromatic N) is 3. The zero-order chi connectivity index (χ0) is 22.7. The minimum Gasteiger partial charge on any atom is -0.467 e. The van der Waals surface area contributed by atoms with E-state index in [1.807, 2.05) is 40.1 Å². The summed E-state index contributed by atoms with van der Waals surface area (Å²) in [6.45, 7) is 2.21. The number of esters is 1. The first-order chi connectivity index (χ1) is 15.5. The average molecular weight is 444 g/mol. The van der Waals surface area contributed by atoms with Gasteiger partial charge in [-0.15, -0.1) is 0 Å². The molecule has 3 saturated heterocycles. The van der Waals surface area contributed by atoms with Gasteiger partial charge in [0, 0.05) is 43.7 Å². The maximum Gasteiger partial charge on any atom is 0.410 e. The van der Waals surface area contributed by atoms with Crippen LogP contribution in [0.4, 0.5) is 4.79 Å². The van der Waals surface area contributed by atoms with E-state index >= 15 is 0 Å².